The lowest BCUT2D eigenvalue weighted by Gasteiger charge is -2.18. The molecule has 2 aromatic rings. The Morgan fingerprint density at radius 1 is 1.12 bits per heavy atom. The van der Waals surface area contributed by atoms with Crippen LogP contribution in [0.3, 0.4) is 0 Å². The molecule has 0 aliphatic rings. The lowest BCUT2D eigenvalue weighted by molar-refractivity contribution is 0.240. The lowest BCUT2D eigenvalue weighted by Crippen LogP contribution is -2.34. The summed E-state index contributed by atoms with van der Waals surface area (Å²) in [6.07, 6.45) is 0. The zero-order chi connectivity index (χ0) is 19.2. The van der Waals surface area contributed by atoms with Crippen molar-refractivity contribution in [2.45, 2.75) is 38.8 Å². The highest BCUT2D eigenvalue weighted by Gasteiger charge is 2.21. The van der Waals surface area contributed by atoms with Crippen molar-refractivity contribution in [2.75, 3.05) is 13.1 Å². The van der Waals surface area contributed by atoms with E-state index in [4.69, 9.17) is 0 Å². The molecule has 0 aliphatic heterocycles. The molecule has 0 aliphatic carbocycles. The van der Waals surface area contributed by atoms with Gasteiger partial charge in [-0.25, -0.2) is 18.2 Å². The summed E-state index contributed by atoms with van der Waals surface area (Å²) in [5, 5.41) is 8.27. The molecule has 0 unspecified atom stereocenters. The average molecular weight is 397 g/mol. The van der Waals surface area contributed by atoms with Crippen LogP contribution in [0.1, 0.15) is 30.1 Å². The fraction of sp³-hybridized carbons (Fsp3) is 0.412. The number of hydrogen-bond donors (Lipinski definition) is 2. The molecule has 26 heavy (non-hydrogen) atoms. The number of aromatic nitrogens is 1. The first-order valence-electron chi connectivity index (χ1n) is 8.38. The van der Waals surface area contributed by atoms with Crippen LogP contribution in [0.5, 0.6) is 0 Å². The smallest absolute Gasteiger partial charge is 0.315 e. The van der Waals surface area contributed by atoms with E-state index in [1.54, 1.807) is 24.3 Å². The van der Waals surface area contributed by atoms with Crippen LogP contribution in [-0.2, 0) is 23.1 Å². The van der Waals surface area contributed by atoms with E-state index >= 15 is 0 Å². The molecule has 7 nitrogen and oxygen atoms in total. The Morgan fingerprint density at radius 3 is 2.27 bits per heavy atom. The van der Waals surface area contributed by atoms with Gasteiger partial charge in [-0.05, 0) is 24.6 Å². The minimum atomic E-state index is -3.46. The molecule has 1 aromatic carbocycles. The second kappa shape index (κ2) is 9.11. The standard InChI is InChI=1S/C17H24N4O3S2/c1-4-21(5-2)26(23,24)15-8-6-14(7-9-15)10-18-17(22)19-11-16-20-13(3)12-25-16/h6-9,12H,4-5,10-11H2,1-3H3,(H2,18,19,22). The number of benzene rings is 1. The summed E-state index contributed by atoms with van der Waals surface area (Å²) < 4.78 is 26.3. The summed E-state index contributed by atoms with van der Waals surface area (Å²) in [5.41, 5.74) is 1.76. The van der Waals surface area contributed by atoms with Gasteiger partial charge in [0.15, 0.2) is 0 Å². The number of rotatable bonds is 8. The van der Waals surface area contributed by atoms with Crippen LogP contribution in [-0.4, -0.2) is 36.8 Å². The van der Waals surface area contributed by atoms with Crippen LogP contribution in [0.4, 0.5) is 4.79 Å². The van der Waals surface area contributed by atoms with Crippen molar-refractivity contribution >= 4 is 27.4 Å². The number of nitrogens with zero attached hydrogens (tertiary/aromatic N) is 2. The summed E-state index contributed by atoms with van der Waals surface area (Å²) >= 11 is 1.50. The molecule has 0 spiro atoms. The zero-order valence-corrected chi connectivity index (χ0v) is 16.8. The molecule has 0 radical (unpaired) electrons. The number of nitrogens with one attached hydrogen (secondary N) is 2. The fourth-order valence-electron chi connectivity index (χ4n) is 2.38. The number of hydrogen-bond acceptors (Lipinski definition) is 5. The Kier molecular flexibility index (Phi) is 7.13. The number of sulfonamides is 1. The molecule has 0 saturated carbocycles. The highest BCUT2D eigenvalue weighted by atomic mass is 32.2. The van der Waals surface area contributed by atoms with Gasteiger partial charge in [0.2, 0.25) is 10.0 Å². The average Bonchev–Trinajstić information content (AvgIpc) is 3.04. The molecule has 142 valence electrons. The first-order valence-corrected chi connectivity index (χ1v) is 10.7. The molecule has 0 fully saturated rings. The summed E-state index contributed by atoms with van der Waals surface area (Å²) in [7, 11) is -3.46. The zero-order valence-electron chi connectivity index (χ0n) is 15.2. The number of carbonyl (C=O) groups excluding carboxylic acids is 1. The van der Waals surface area contributed by atoms with E-state index in [0.717, 1.165) is 16.3 Å². The largest absolute Gasteiger partial charge is 0.334 e. The molecule has 0 atom stereocenters. The van der Waals surface area contributed by atoms with E-state index in [1.165, 1.54) is 15.6 Å². The van der Waals surface area contributed by atoms with Crippen LogP contribution in [0, 0.1) is 6.92 Å². The Labute approximate surface area is 158 Å². The Bertz CT molecular complexity index is 828. The molecule has 2 amide bonds. The van der Waals surface area contributed by atoms with E-state index < -0.39 is 10.0 Å². The third-order valence-electron chi connectivity index (χ3n) is 3.79. The van der Waals surface area contributed by atoms with Gasteiger partial charge in [0.25, 0.3) is 0 Å². The number of amides is 2. The summed E-state index contributed by atoms with van der Waals surface area (Å²) in [4.78, 5) is 16.4. The van der Waals surface area contributed by atoms with Crippen molar-refractivity contribution < 1.29 is 13.2 Å². The van der Waals surface area contributed by atoms with Gasteiger partial charge >= 0.3 is 6.03 Å². The topological polar surface area (TPSA) is 91.4 Å². The highest BCUT2D eigenvalue weighted by molar-refractivity contribution is 7.89. The Morgan fingerprint density at radius 2 is 1.73 bits per heavy atom. The van der Waals surface area contributed by atoms with Gasteiger partial charge in [-0.2, -0.15) is 4.31 Å². The van der Waals surface area contributed by atoms with E-state index in [1.807, 2.05) is 26.2 Å². The first-order chi connectivity index (χ1) is 12.4. The van der Waals surface area contributed by atoms with Gasteiger partial charge in [0.05, 0.1) is 11.4 Å². The molecule has 2 N–H and O–H groups in total. The number of urea groups is 1. The maximum absolute atomic E-state index is 12.4. The van der Waals surface area contributed by atoms with Gasteiger partial charge in [-0.15, -0.1) is 11.3 Å². The van der Waals surface area contributed by atoms with Gasteiger partial charge < -0.3 is 10.6 Å². The van der Waals surface area contributed by atoms with Crippen molar-refractivity contribution in [3.8, 4) is 0 Å². The molecule has 0 bridgehead atoms. The first kappa shape index (κ1) is 20.3. The maximum atomic E-state index is 12.4. The van der Waals surface area contributed by atoms with Crippen LogP contribution < -0.4 is 10.6 Å². The SMILES string of the molecule is CCN(CC)S(=O)(=O)c1ccc(CNC(=O)NCc2nc(C)cs2)cc1. The van der Waals surface area contributed by atoms with Crippen molar-refractivity contribution in [3.05, 3.63) is 45.9 Å². The minimum Gasteiger partial charge on any atom is -0.334 e. The summed E-state index contributed by atoms with van der Waals surface area (Å²) in [5.74, 6) is 0. The number of thiazole rings is 1. The molecule has 2 rings (SSSR count). The lowest BCUT2D eigenvalue weighted by atomic mass is 10.2. The van der Waals surface area contributed by atoms with E-state index in [-0.39, 0.29) is 10.9 Å². The Hall–Kier alpha value is -1.97. The van der Waals surface area contributed by atoms with Crippen LogP contribution in [0.2, 0.25) is 0 Å². The van der Waals surface area contributed by atoms with Crippen molar-refractivity contribution in [1.82, 2.24) is 19.9 Å². The van der Waals surface area contributed by atoms with E-state index in [2.05, 4.69) is 15.6 Å². The molecule has 1 heterocycles. The van der Waals surface area contributed by atoms with Crippen LogP contribution in [0.15, 0.2) is 34.5 Å². The molecular weight excluding hydrogens is 372 g/mol. The second-order valence-corrected chi connectivity index (χ2v) is 8.53. The van der Waals surface area contributed by atoms with Crippen molar-refractivity contribution in [3.63, 3.8) is 0 Å². The highest BCUT2D eigenvalue weighted by Crippen LogP contribution is 2.16. The molecule has 1 aromatic heterocycles. The predicted molar refractivity (Wildman–Crippen MR) is 102 cm³/mol. The Balaban J connectivity index is 1.88. The van der Waals surface area contributed by atoms with Gasteiger partial charge in [-0.1, -0.05) is 26.0 Å². The van der Waals surface area contributed by atoms with Crippen molar-refractivity contribution in [1.29, 1.82) is 0 Å². The van der Waals surface area contributed by atoms with Crippen LogP contribution in [0.25, 0.3) is 0 Å². The maximum Gasteiger partial charge on any atom is 0.315 e. The quantitative estimate of drug-likeness (QED) is 0.717. The summed E-state index contributed by atoms with van der Waals surface area (Å²) in [6, 6.07) is 6.27. The van der Waals surface area contributed by atoms with Gasteiger partial charge in [0, 0.05) is 30.7 Å². The molecule has 0 saturated heterocycles. The number of aryl methyl sites for hydroxylation is 1. The fourth-order valence-corrected chi connectivity index (χ4v) is 4.55. The molecular formula is C17H24N4O3S2. The normalized spacial score (nSPS) is 11.5. The van der Waals surface area contributed by atoms with Crippen LogP contribution >= 0.6 is 11.3 Å². The van der Waals surface area contributed by atoms with Crippen molar-refractivity contribution in [2.24, 2.45) is 0 Å². The van der Waals surface area contributed by atoms with Gasteiger partial charge in [0.1, 0.15) is 5.01 Å². The third-order valence-corrected chi connectivity index (χ3v) is 6.82. The minimum absolute atomic E-state index is 0.258. The van der Waals surface area contributed by atoms with Gasteiger partial charge in [-0.3, -0.25) is 0 Å². The molecule has 9 heteroatoms. The monoisotopic (exact) mass is 396 g/mol. The second-order valence-electron chi connectivity index (χ2n) is 5.65. The summed E-state index contributed by atoms with van der Waals surface area (Å²) in [6.45, 7) is 7.09. The van der Waals surface area contributed by atoms with E-state index in [9.17, 15) is 13.2 Å². The third kappa shape index (κ3) is 5.26. The predicted octanol–water partition coefficient (Wildman–Crippen LogP) is 2.48. The van der Waals surface area contributed by atoms with E-state index in [0.29, 0.717) is 26.2 Å². The number of carbonyl (C=O) groups is 1.